The van der Waals surface area contributed by atoms with Crippen molar-refractivity contribution in [3.05, 3.63) is 65.4 Å². The minimum Gasteiger partial charge on any atom is -0.232 e. The summed E-state index contributed by atoms with van der Waals surface area (Å²) in [6.07, 6.45) is 3.96. The zero-order valence-corrected chi connectivity index (χ0v) is 12.7. The van der Waals surface area contributed by atoms with Gasteiger partial charge in [0.1, 0.15) is 17.7 Å². The summed E-state index contributed by atoms with van der Waals surface area (Å²) in [7, 11) is 0. The van der Waals surface area contributed by atoms with Gasteiger partial charge in [-0.15, -0.1) is 10.2 Å². The maximum absolute atomic E-state index is 6.30. The molecular formula is C18H14ClN3. The van der Waals surface area contributed by atoms with Crippen molar-refractivity contribution in [2.24, 2.45) is 0 Å². The number of nitrogens with zero attached hydrogens (tertiary/aromatic N) is 3. The summed E-state index contributed by atoms with van der Waals surface area (Å²) in [5, 5.41) is 9.02. The third-order valence-electron chi connectivity index (χ3n) is 3.91. The van der Waals surface area contributed by atoms with Gasteiger partial charge < -0.3 is 0 Å². The second-order valence-corrected chi connectivity index (χ2v) is 6.01. The van der Waals surface area contributed by atoms with Crippen molar-refractivity contribution in [2.75, 3.05) is 0 Å². The van der Waals surface area contributed by atoms with E-state index in [4.69, 9.17) is 11.6 Å². The average molecular weight is 308 g/mol. The van der Waals surface area contributed by atoms with Crippen molar-refractivity contribution < 1.29 is 0 Å². The highest BCUT2D eigenvalue weighted by atomic mass is 35.5. The fourth-order valence-corrected chi connectivity index (χ4v) is 2.92. The molecule has 0 unspecified atom stereocenters. The van der Waals surface area contributed by atoms with Crippen molar-refractivity contribution >= 4 is 11.6 Å². The molecule has 0 atom stereocenters. The van der Waals surface area contributed by atoms with Crippen LogP contribution in [-0.4, -0.2) is 15.2 Å². The molecular weight excluding hydrogens is 294 g/mol. The van der Waals surface area contributed by atoms with Gasteiger partial charge in [-0.2, -0.15) is 0 Å². The first-order valence-electron chi connectivity index (χ1n) is 7.35. The summed E-state index contributed by atoms with van der Waals surface area (Å²) < 4.78 is 0. The summed E-state index contributed by atoms with van der Waals surface area (Å²) in [4.78, 5) is 4.43. The molecule has 1 aliphatic carbocycles. The number of aromatic nitrogens is 3. The SMILES string of the molecule is Clc1cc(-c2nncnc2-c2ccccc2)cc(C2CC2)c1. The van der Waals surface area contributed by atoms with Gasteiger partial charge in [-0.25, -0.2) is 4.98 Å². The largest absolute Gasteiger partial charge is 0.232 e. The summed E-state index contributed by atoms with van der Waals surface area (Å²) >= 11 is 6.30. The third kappa shape index (κ3) is 2.60. The highest BCUT2D eigenvalue weighted by Gasteiger charge is 2.24. The normalized spacial score (nSPS) is 14.0. The Labute approximate surface area is 134 Å². The first-order valence-corrected chi connectivity index (χ1v) is 7.73. The molecule has 0 spiro atoms. The minimum atomic E-state index is 0.641. The van der Waals surface area contributed by atoms with Crippen LogP contribution in [0, 0.1) is 0 Å². The molecule has 1 aromatic heterocycles. The smallest absolute Gasteiger partial charge is 0.138 e. The molecule has 4 heteroatoms. The number of hydrogen-bond donors (Lipinski definition) is 0. The monoisotopic (exact) mass is 307 g/mol. The standard InChI is InChI=1S/C18H14ClN3/c19-16-9-14(12-6-7-12)8-15(10-16)18-17(20-11-21-22-18)13-4-2-1-3-5-13/h1-5,8-12H,6-7H2. The van der Waals surface area contributed by atoms with E-state index in [0.29, 0.717) is 5.92 Å². The number of halogens is 1. The Balaban J connectivity index is 1.87. The van der Waals surface area contributed by atoms with E-state index in [1.54, 1.807) is 0 Å². The topological polar surface area (TPSA) is 38.7 Å². The molecule has 1 saturated carbocycles. The molecule has 3 aromatic rings. The maximum atomic E-state index is 6.30. The summed E-state index contributed by atoms with van der Waals surface area (Å²) in [5.74, 6) is 0.641. The van der Waals surface area contributed by atoms with E-state index >= 15 is 0 Å². The van der Waals surface area contributed by atoms with Crippen molar-refractivity contribution in [3.63, 3.8) is 0 Å². The van der Waals surface area contributed by atoms with Crippen LogP contribution >= 0.6 is 11.6 Å². The van der Waals surface area contributed by atoms with Gasteiger partial charge in [-0.3, -0.25) is 0 Å². The molecule has 4 rings (SSSR count). The Morgan fingerprint density at radius 1 is 0.909 bits per heavy atom. The first-order chi connectivity index (χ1) is 10.8. The van der Waals surface area contributed by atoms with Crippen LogP contribution in [0.1, 0.15) is 24.3 Å². The zero-order chi connectivity index (χ0) is 14.9. The lowest BCUT2D eigenvalue weighted by Gasteiger charge is -2.09. The molecule has 108 valence electrons. The fraction of sp³-hybridized carbons (Fsp3) is 0.167. The van der Waals surface area contributed by atoms with Gasteiger partial charge >= 0.3 is 0 Å². The molecule has 0 amide bonds. The molecule has 1 fully saturated rings. The molecule has 0 N–H and O–H groups in total. The molecule has 0 radical (unpaired) electrons. The highest BCUT2D eigenvalue weighted by molar-refractivity contribution is 6.31. The van der Waals surface area contributed by atoms with Gasteiger partial charge in [0.15, 0.2) is 0 Å². The van der Waals surface area contributed by atoms with Gasteiger partial charge in [0, 0.05) is 16.1 Å². The molecule has 1 heterocycles. The molecule has 0 aliphatic heterocycles. The first kappa shape index (κ1) is 13.4. The Morgan fingerprint density at radius 3 is 2.50 bits per heavy atom. The van der Waals surface area contributed by atoms with Crippen LogP contribution in [0.25, 0.3) is 22.5 Å². The molecule has 0 bridgehead atoms. The minimum absolute atomic E-state index is 0.641. The Morgan fingerprint density at radius 2 is 1.73 bits per heavy atom. The lowest BCUT2D eigenvalue weighted by molar-refractivity contribution is 0.980. The van der Waals surface area contributed by atoms with Crippen LogP contribution in [0.5, 0.6) is 0 Å². The van der Waals surface area contributed by atoms with E-state index in [9.17, 15) is 0 Å². The Kier molecular flexibility index (Phi) is 3.35. The second kappa shape index (κ2) is 5.50. The van der Waals surface area contributed by atoms with Crippen LogP contribution in [0.2, 0.25) is 5.02 Å². The maximum Gasteiger partial charge on any atom is 0.138 e. The van der Waals surface area contributed by atoms with Gasteiger partial charge in [-0.05, 0) is 42.5 Å². The lowest BCUT2D eigenvalue weighted by Crippen LogP contribution is -1.96. The van der Waals surface area contributed by atoms with E-state index in [-0.39, 0.29) is 0 Å². The van der Waals surface area contributed by atoms with E-state index in [1.807, 2.05) is 36.4 Å². The summed E-state index contributed by atoms with van der Waals surface area (Å²) in [6, 6.07) is 16.2. The number of rotatable bonds is 3. The van der Waals surface area contributed by atoms with Crippen LogP contribution < -0.4 is 0 Å². The number of hydrogen-bond acceptors (Lipinski definition) is 3. The molecule has 1 aliphatic rings. The van der Waals surface area contributed by atoms with E-state index in [1.165, 1.54) is 24.7 Å². The molecule has 2 aromatic carbocycles. The molecule has 3 nitrogen and oxygen atoms in total. The van der Waals surface area contributed by atoms with Crippen molar-refractivity contribution in [3.8, 4) is 22.5 Å². The lowest BCUT2D eigenvalue weighted by atomic mass is 10.0. The highest BCUT2D eigenvalue weighted by Crippen LogP contribution is 2.42. The molecule has 22 heavy (non-hydrogen) atoms. The fourth-order valence-electron chi connectivity index (χ4n) is 2.68. The van der Waals surface area contributed by atoms with E-state index in [2.05, 4.69) is 27.3 Å². The quantitative estimate of drug-likeness (QED) is 0.701. The molecule has 0 saturated heterocycles. The zero-order valence-electron chi connectivity index (χ0n) is 11.9. The summed E-state index contributed by atoms with van der Waals surface area (Å²) in [6.45, 7) is 0. The van der Waals surface area contributed by atoms with Gasteiger partial charge in [0.05, 0.1) is 0 Å². The van der Waals surface area contributed by atoms with Crippen molar-refractivity contribution in [2.45, 2.75) is 18.8 Å². The Hall–Kier alpha value is -2.26. The van der Waals surface area contributed by atoms with E-state index in [0.717, 1.165) is 27.5 Å². The third-order valence-corrected chi connectivity index (χ3v) is 4.13. The van der Waals surface area contributed by atoms with Crippen molar-refractivity contribution in [1.82, 2.24) is 15.2 Å². The predicted molar refractivity (Wildman–Crippen MR) is 87.7 cm³/mol. The van der Waals surface area contributed by atoms with E-state index < -0.39 is 0 Å². The van der Waals surface area contributed by atoms with Crippen LogP contribution in [0.3, 0.4) is 0 Å². The van der Waals surface area contributed by atoms with Crippen LogP contribution in [-0.2, 0) is 0 Å². The van der Waals surface area contributed by atoms with Gasteiger partial charge in [0.25, 0.3) is 0 Å². The van der Waals surface area contributed by atoms with Crippen molar-refractivity contribution in [1.29, 1.82) is 0 Å². The Bertz CT molecular complexity index is 814. The van der Waals surface area contributed by atoms with Crippen LogP contribution in [0.15, 0.2) is 54.9 Å². The summed E-state index contributed by atoms with van der Waals surface area (Å²) in [5.41, 5.74) is 4.90. The van der Waals surface area contributed by atoms with Gasteiger partial charge in [-0.1, -0.05) is 41.9 Å². The average Bonchev–Trinajstić information content (AvgIpc) is 3.40. The number of benzene rings is 2. The second-order valence-electron chi connectivity index (χ2n) is 5.57. The van der Waals surface area contributed by atoms with Gasteiger partial charge in [0.2, 0.25) is 0 Å². The van der Waals surface area contributed by atoms with Crippen LogP contribution in [0.4, 0.5) is 0 Å². The predicted octanol–water partition coefficient (Wildman–Crippen LogP) is 4.74.